The summed E-state index contributed by atoms with van der Waals surface area (Å²) in [5.74, 6) is -0.280. The second kappa shape index (κ2) is 8.06. The molecule has 0 aliphatic carbocycles. The summed E-state index contributed by atoms with van der Waals surface area (Å²) in [6.07, 6.45) is 0. The smallest absolute Gasteiger partial charge is 0.251 e. The molecule has 3 rings (SSSR count). The highest BCUT2D eigenvalue weighted by atomic mass is 32.2. The Balaban J connectivity index is 1.88. The van der Waals surface area contributed by atoms with Gasteiger partial charge in [-0.3, -0.25) is 4.79 Å². The molecule has 0 spiro atoms. The first-order valence-corrected chi connectivity index (χ1v) is 11.0. The first-order valence-electron chi connectivity index (χ1n) is 8.57. The second-order valence-corrected chi connectivity index (χ2v) is 9.76. The van der Waals surface area contributed by atoms with Crippen LogP contribution in [0.5, 0.6) is 0 Å². The van der Waals surface area contributed by atoms with Crippen molar-refractivity contribution in [2.24, 2.45) is 0 Å². The van der Waals surface area contributed by atoms with Crippen molar-refractivity contribution in [2.75, 3.05) is 6.54 Å². The molecule has 0 radical (unpaired) electrons. The van der Waals surface area contributed by atoms with Gasteiger partial charge in [-0.1, -0.05) is 53.6 Å². The molecule has 1 heterocycles. The van der Waals surface area contributed by atoms with E-state index in [4.69, 9.17) is 0 Å². The normalized spacial score (nSPS) is 12.5. The number of carbonyl (C=O) groups excluding carboxylic acids is 1. The summed E-state index contributed by atoms with van der Waals surface area (Å²) in [6, 6.07) is 17.9. The minimum atomic E-state index is -3.61. The van der Waals surface area contributed by atoms with E-state index >= 15 is 0 Å². The average Bonchev–Trinajstić information content (AvgIpc) is 3.18. The topological polar surface area (TPSA) is 63.2 Å². The number of amides is 1. The third-order valence-corrected chi connectivity index (χ3v) is 7.86. The molecular formula is C21H21NO3S2. The summed E-state index contributed by atoms with van der Waals surface area (Å²) in [5, 5.41) is 3.69. The summed E-state index contributed by atoms with van der Waals surface area (Å²) in [6.45, 7) is 3.87. The van der Waals surface area contributed by atoms with Gasteiger partial charge in [-0.15, -0.1) is 11.3 Å². The highest BCUT2D eigenvalue weighted by Gasteiger charge is 2.30. The van der Waals surface area contributed by atoms with E-state index in [1.54, 1.807) is 29.6 Å². The molecular weight excluding hydrogens is 378 g/mol. The molecule has 0 aliphatic heterocycles. The summed E-state index contributed by atoms with van der Waals surface area (Å²) in [4.78, 5) is 12.5. The van der Waals surface area contributed by atoms with Crippen LogP contribution in [0.15, 0.2) is 70.3 Å². The van der Waals surface area contributed by atoms with Crippen molar-refractivity contribution in [3.63, 3.8) is 0 Å². The van der Waals surface area contributed by atoms with Gasteiger partial charge in [0.2, 0.25) is 0 Å². The molecule has 0 bridgehead atoms. The Labute approximate surface area is 163 Å². The molecule has 6 heteroatoms. The van der Waals surface area contributed by atoms with Crippen LogP contribution in [-0.4, -0.2) is 20.9 Å². The maximum Gasteiger partial charge on any atom is 0.251 e. The molecule has 0 saturated carbocycles. The second-order valence-electron chi connectivity index (χ2n) is 6.46. The minimum absolute atomic E-state index is 0.00999. The third-order valence-electron chi connectivity index (χ3n) is 4.33. The first-order chi connectivity index (χ1) is 12.9. The maximum absolute atomic E-state index is 13.1. The number of thiophene rings is 1. The van der Waals surface area contributed by atoms with Crippen LogP contribution < -0.4 is 5.32 Å². The van der Waals surface area contributed by atoms with Gasteiger partial charge in [-0.05, 0) is 43.0 Å². The Hall–Kier alpha value is -2.44. The predicted molar refractivity (Wildman–Crippen MR) is 109 cm³/mol. The molecule has 4 nitrogen and oxygen atoms in total. The molecule has 0 fully saturated rings. The van der Waals surface area contributed by atoms with Crippen LogP contribution in [0.4, 0.5) is 0 Å². The largest absolute Gasteiger partial charge is 0.350 e. The summed E-state index contributed by atoms with van der Waals surface area (Å²) < 4.78 is 26.6. The molecule has 0 unspecified atom stereocenters. The highest BCUT2D eigenvalue weighted by Crippen LogP contribution is 2.31. The van der Waals surface area contributed by atoms with Gasteiger partial charge in [0.05, 0.1) is 0 Å². The van der Waals surface area contributed by atoms with Gasteiger partial charge in [-0.2, -0.15) is 0 Å². The molecule has 1 aromatic heterocycles. The Morgan fingerprint density at radius 3 is 2.37 bits per heavy atom. The van der Waals surface area contributed by atoms with E-state index in [-0.39, 0.29) is 12.5 Å². The number of aryl methyl sites for hydroxylation is 2. The van der Waals surface area contributed by atoms with Gasteiger partial charge in [0.25, 0.3) is 5.91 Å². The molecule has 1 N–H and O–H groups in total. The summed E-state index contributed by atoms with van der Waals surface area (Å²) >= 11 is 1.19. The number of rotatable bonds is 6. The molecule has 0 saturated heterocycles. The maximum atomic E-state index is 13.1. The predicted octanol–water partition coefficient (Wildman–Crippen LogP) is 4.31. The number of hydrogen-bond donors (Lipinski definition) is 1. The van der Waals surface area contributed by atoms with E-state index in [2.05, 4.69) is 5.32 Å². The van der Waals surface area contributed by atoms with Crippen LogP contribution in [-0.2, 0) is 9.84 Å². The van der Waals surface area contributed by atoms with Crippen molar-refractivity contribution in [2.45, 2.75) is 23.3 Å². The van der Waals surface area contributed by atoms with Crippen molar-refractivity contribution < 1.29 is 13.2 Å². The lowest BCUT2D eigenvalue weighted by atomic mass is 10.1. The van der Waals surface area contributed by atoms with Crippen molar-refractivity contribution in [3.8, 4) is 0 Å². The van der Waals surface area contributed by atoms with Crippen molar-refractivity contribution in [3.05, 3.63) is 88.3 Å². The van der Waals surface area contributed by atoms with Gasteiger partial charge in [0.15, 0.2) is 9.84 Å². The Kier molecular flexibility index (Phi) is 5.77. The fraction of sp³-hybridized carbons (Fsp3) is 0.190. The van der Waals surface area contributed by atoms with Gasteiger partial charge in [0.1, 0.15) is 9.46 Å². The minimum Gasteiger partial charge on any atom is -0.350 e. The molecule has 1 amide bonds. The van der Waals surface area contributed by atoms with Crippen molar-refractivity contribution in [1.82, 2.24) is 5.32 Å². The lowest BCUT2D eigenvalue weighted by molar-refractivity contribution is 0.0953. The van der Waals surface area contributed by atoms with E-state index in [9.17, 15) is 13.2 Å². The fourth-order valence-electron chi connectivity index (χ4n) is 2.83. The highest BCUT2D eigenvalue weighted by molar-refractivity contribution is 7.93. The number of carbonyl (C=O) groups is 1. The van der Waals surface area contributed by atoms with Gasteiger partial charge < -0.3 is 5.32 Å². The van der Waals surface area contributed by atoms with Crippen LogP contribution in [0.1, 0.15) is 32.3 Å². The van der Waals surface area contributed by atoms with Gasteiger partial charge in [0, 0.05) is 12.1 Å². The molecule has 1 atom stereocenters. The lowest BCUT2D eigenvalue weighted by Crippen LogP contribution is -2.31. The van der Waals surface area contributed by atoms with Crippen LogP contribution in [0.3, 0.4) is 0 Å². The van der Waals surface area contributed by atoms with Crippen LogP contribution in [0, 0.1) is 13.8 Å². The Bertz CT molecular complexity index is 1020. The zero-order valence-corrected chi connectivity index (χ0v) is 16.8. The van der Waals surface area contributed by atoms with E-state index in [0.717, 1.165) is 11.1 Å². The standard InChI is InChI=1S/C21H21NO3S2/c1-15-8-10-17(11-9-15)19(27(24,25)20-7-4-12-26-20)14-22-21(23)18-6-3-5-16(2)13-18/h3-13,19H,14H2,1-2H3,(H,22,23)/t19-/m0/s1. The molecule has 27 heavy (non-hydrogen) atoms. The number of hydrogen-bond acceptors (Lipinski definition) is 4. The monoisotopic (exact) mass is 399 g/mol. The molecule has 2 aromatic carbocycles. The fourth-order valence-corrected chi connectivity index (χ4v) is 5.69. The summed E-state index contributed by atoms with van der Waals surface area (Å²) in [7, 11) is -3.61. The third kappa shape index (κ3) is 4.46. The zero-order valence-electron chi connectivity index (χ0n) is 15.2. The van der Waals surface area contributed by atoms with E-state index in [1.807, 2.05) is 50.2 Å². The van der Waals surface area contributed by atoms with E-state index < -0.39 is 15.1 Å². The van der Waals surface area contributed by atoms with Crippen LogP contribution >= 0.6 is 11.3 Å². The zero-order chi connectivity index (χ0) is 19.4. The molecule has 3 aromatic rings. The Morgan fingerprint density at radius 2 is 1.74 bits per heavy atom. The molecule has 0 aliphatic rings. The van der Waals surface area contributed by atoms with Crippen LogP contribution in [0.25, 0.3) is 0 Å². The lowest BCUT2D eigenvalue weighted by Gasteiger charge is -2.18. The van der Waals surface area contributed by atoms with E-state index in [0.29, 0.717) is 15.3 Å². The molecule has 140 valence electrons. The number of sulfone groups is 1. The van der Waals surface area contributed by atoms with E-state index in [1.165, 1.54) is 11.3 Å². The van der Waals surface area contributed by atoms with Gasteiger partial charge in [-0.25, -0.2) is 8.42 Å². The number of nitrogens with one attached hydrogen (secondary N) is 1. The SMILES string of the molecule is Cc1ccc([C@H](CNC(=O)c2cccc(C)c2)S(=O)(=O)c2cccs2)cc1. The summed E-state index contributed by atoms with van der Waals surface area (Å²) in [5.41, 5.74) is 3.21. The van der Waals surface area contributed by atoms with Crippen molar-refractivity contribution >= 4 is 27.1 Å². The quantitative estimate of drug-likeness (QED) is 0.672. The van der Waals surface area contributed by atoms with Crippen molar-refractivity contribution in [1.29, 1.82) is 0 Å². The average molecular weight is 400 g/mol. The first kappa shape index (κ1) is 19.3. The van der Waals surface area contributed by atoms with Gasteiger partial charge >= 0.3 is 0 Å². The number of benzene rings is 2. The van der Waals surface area contributed by atoms with Crippen LogP contribution in [0.2, 0.25) is 0 Å². The Morgan fingerprint density at radius 1 is 1.00 bits per heavy atom.